The average molecular weight is 221 g/mol. The topological polar surface area (TPSA) is 68.4 Å². The number of phenolic OH excluding ortho intramolecular Hbond substituents is 1. The number of nitrogens with zero attached hydrogens (tertiary/aromatic N) is 2. The van der Waals surface area contributed by atoms with Crippen LogP contribution >= 0.6 is 11.8 Å². The highest BCUT2D eigenvalue weighted by molar-refractivity contribution is 8.13. The minimum atomic E-state index is 0.213. The van der Waals surface area contributed by atoms with Crippen molar-refractivity contribution >= 4 is 22.6 Å². The molecule has 0 heterocycles. The lowest BCUT2D eigenvalue weighted by Crippen LogP contribution is -2.12. The minimum absolute atomic E-state index is 0.213. The number of aryl methyl sites for hydroxylation is 1. The number of aromatic hydroxyl groups is 1. The third kappa shape index (κ3) is 3.18. The molecule has 1 aromatic rings. The molecule has 0 saturated carbocycles. The van der Waals surface area contributed by atoms with Crippen LogP contribution in [0, 0.1) is 18.4 Å². The van der Waals surface area contributed by atoms with Crippen molar-refractivity contribution in [3.8, 4) is 11.9 Å². The maximum Gasteiger partial charge on any atom is 0.183 e. The zero-order valence-electron chi connectivity index (χ0n) is 8.48. The number of nitriles is 1. The van der Waals surface area contributed by atoms with Crippen molar-refractivity contribution in [1.29, 1.82) is 5.26 Å². The van der Waals surface area contributed by atoms with Gasteiger partial charge in [0.1, 0.15) is 5.75 Å². The first-order chi connectivity index (χ1) is 7.17. The van der Waals surface area contributed by atoms with E-state index in [0.29, 0.717) is 5.17 Å². The SMILES string of the molecule is CSC(=Nc1ccc(O)cc1C)NC#N. The summed E-state index contributed by atoms with van der Waals surface area (Å²) in [6.07, 6.45) is 3.65. The fourth-order valence-corrected chi connectivity index (χ4v) is 1.38. The molecule has 78 valence electrons. The van der Waals surface area contributed by atoms with E-state index in [-0.39, 0.29) is 5.75 Å². The Balaban J connectivity index is 3.01. The minimum Gasteiger partial charge on any atom is -0.508 e. The van der Waals surface area contributed by atoms with Gasteiger partial charge >= 0.3 is 0 Å². The Morgan fingerprint density at radius 3 is 2.87 bits per heavy atom. The first kappa shape index (κ1) is 11.4. The molecule has 0 aliphatic heterocycles. The maximum absolute atomic E-state index is 9.21. The van der Waals surface area contributed by atoms with E-state index in [9.17, 15) is 5.11 Å². The molecule has 15 heavy (non-hydrogen) atoms. The first-order valence-electron chi connectivity index (χ1n) is 4.24. The van der Waals surface area contributed by atoms with Crippen LogP contribution in [0.1, 0.15) is 5.56 Å². The fraction of sp³-hybridized carbons (Fsp3) is 0.200. The molecule has 0 aliphatic rings. The van der Waals surface area contributed by atoms with Gasteiger partial charge in [-0.2, -0.15) is 5.26 Å². The molecular weight excluding hydrogens is 210 g/mol. The van der Waals surface area contributed by atoms with Gasteiger partial charge in [0.25, 0.3) is 0 Å². The van der Waals surface area contributed by atoms with Crippen LogP contribution < -0.4 is 5.32 Å². The van der Waals surface area contributed by atoms with Gasteiger partial charge in [0, 0.05) is 0 Å². The summed E-state index contributed by atoms with van der Waals surface area (Å²) in [5, 5.41) is 20.7. The van der Waals surface area contributed by atoms with Crippen LogP contribution in [0.25, 0.3) is 0 Å². The summed E-state index contributed by atoms with van der Waals surface area (Å²) in [6, 6.07) is 4.90. The van der Waals surface area contributed by atoms with Crippen molar-refractivity contribution in [2.45, 2.75) is 6.92 Å². The van der Waals surface area contributed by atoms with E-state index in [4.69, 9.17) is 5.26 Å². The van der Waals surface area contributed by atoms with E-state index in [1.54, 1.807) is 18.2 Å². The molecule has 0 saturated heterocycles. The van der Waals surface area contributed by atoms with Gasteiger partial charge in [-0.05, 0) is 36.9 Å². The van der Waals surface area contributed by atoms with Gasteiger partial charge in [-0.1, -0.05) is 11.8 Å². The van der Waals surface area contributed by atoms with Gasteiger partial charge in [-0.25, -0.2) is 4.99 Å². The molecule has 0 amide bonds. The number of phenols is 1. The van der Waals surface area contributed by atoms with Gasteiger partial charge in [0.2, 0.25) is 0 Å². The second-order valence-electron chi connectivity index (χ2n) is 2.83. The molecule has 0 fully saturated rings. The number of rotatable bonds is 1. The Kier molecular flexibility index (Phi) is 4.01. The number of hydrogen-bond donors (Lipinski definition) is 2. The largest absolute Gasteiger partial charge is 0.508 e. The van der Waals surface area contributed by atoms with Crippen LogP contribution in [0.2, 0.25) is 0 Å². The summed E-state index contributed by atoms with van der Waals surface area (Å²) in [5.41, 5.74) is 1.60. The predicted molar refractivity (Wildman–Crippen MR) is 62.2 cm³/mol. The zero-order chi connectivity index (χ0) is 11.3. The molecule has 0 radical (unpaired) electrons. The van der Waals surface area contributed by atoms with Crippen LogP contribution in [-0.4, -0.2) is 16.5 Å². The zero-order valence-corrected chi connectivity index (χ0v) is 9.30. The van der Waals surface area contributed by atoms with E-state index >= 15 is 0 Å². The monoisotopic (exact) mass is 221 g/mol. The molecule has 5 heteroatoms. The lowest BCUT2D eigenvalue weighted by Gasteiger charge is -2.03. The van der Waals surface area contributed by atoms with Crippen LogP contribution in [0.5, 0.6) is 5.75 Å². The van der Waals surface area contributed by atoms with E-state index in [1.165, 1.54) is 11.8 Å². The van der Waals surface area contributed by atoms with Gasteiger partial charge in [-0.3, -0.25) is 5.32 Å². The number of aliphatic imine (C=N–C) groups is 1. The van der Waals surface area contributed by atoms with E-state index in [1.807, 2.05) is 19.4 Å². The predicted octanol–water partition coefficient (Wildman–Crippen LogP) is 2.12. The summed E-state index contributed by atoms with van der Waals surface area (Å²) in [6.45, 7) is 1.85. The van der Waals surface area contributed by atoms with Gasteiger partial charge in [-0.15, -0.1) is 0 Å². The summed E-state index contributed by atoms with van der Waals surface area (Å²) < 4.78 is 0. The molecule has 0 bridgehead atoms. The molecule has 0 aromatic heterocycles. The molecular formula is C10H11N3OS. The lowest BCUT2D eigenvalue weighted by molar-refractivity contribution is 0.475. The highest BCUT2D eigenvalue weighted by Gasteiger charge is 2.00. The summed E-state index contributed by atoms with van der Waals surface area (Å²) in [4.78, 5) is 4.24. The van der Waals surface area contributed by atoms with Crippen molar-refractivity contribution in [3.05, 3.63) is 23.8 Å². The van der Waals surface area contributed by atoms with E-state index < -0.39 is 0 Å². The van der Waals surface area contributed by atoms with Crippen LogP contribution in [0.3, 0.4) is 0 Å². The average Bonchev–Trinajstić information content (AvgIpc) is 2.21. The second kappa shape index (κ2) is 5.27. The lowest BCUT2D eigenvalue weighted by atomic mass is 10.2. The van der Waals surface area contributed by atoms with Crippen molar-refractivity contribution in [2.75, 3.05) is 6.26 Å². The maximum atomic E-state index is 9.21. The molecule has 4 nitrogen and oxygen atoms in total. The Morgan fingerprint density at radius 1 is 1.60 bits per heavy atom. The van der Waals surface area contributed by atoms with Crippen LogP contribution in [-0.2, 0) is 0 Å². The smallest absolute Gasteiger partial charge is 0.183 e. The quantitative estimate of drug-likeness (QED) is 0.330. The number of benzene rings is 1. The van der Waals surface area contributed by atoms with Crippen molar-refractivity contribution in [3.63, 3.8) is 0 Å². The van der Waals surface area contributed by atoms with Gasteiger partial charge in [0.15, 0.2) is 11.4 Å². The normalized spacial score (nSPS) is 10.9. The Hall–Kier alpha value is -1.67. The van der Waals surface area contributed by atoms with Crippen LogP contribution in [0.15, 0.2) is 23.2 Å². The van der Waals surface area contributed by atoms with Gasteiger partial charge < -0.3 is 5.11 Å². The third-order valence-electron chi connectivity index (χ3n) is 1.76. The highest BCUT2D eigenvalue weighted by atomic mass is 32.2. The molecule has 0 unspecified atom stereocenters. The summed E-state index contributed by atoms with van der Waals surface area (Å²) in [7, 11) is 0. The summed E-state index contributed by atoms with van der Waals surface area (Å²) in [5.74, 6) is 0.213. The summed E-state index contributed by atoms with van der Waals surface area (Å²) >= 11 is 1.36. The number of thioether (sulfide) groups is 1. The molecule has 0 spiro atoms. The molecule has 2 N–H and O–H groups in total. The molecule has 0 atom stereocenters. The molecule has 1 rings (SSSR count). The number of amidine groups is 1. The first-order valence-corrected chi connectivity index (χ1v) is 5.47. The second-order valence-corrected chi connectivity index (χ2v) is 3.62. The Bertz CT molecular complexity index is 423. The van der Waals surface area contributed by atoms with Gasteiger partial charge in [0.05, 0.1) is 5.69 Å². The van der Waals surface area contributed by atoms with Crippen molar-refractivity contribution < 1.29 is 5.11 Å². The van der Waals surface area contributed by atoms with E-state index in [2.05, 4.69) is 10.3 Å². The Morgan fingerprint density at radius 2 is 2.33 bits per heavy atom. The molecule has 0 aliphatic carbocycles. The standard InChI is InChI=1S/C10H11N3OS/c1-7-5-8(14)3-4-9(7)13-10(15-2)12-6-11/h3-5,14H,1-2H3,(H,12,13). The highest BCUT2D eigenvalue weighted by Crippen LogP contribution is 2.23. The van der Waals surface area contributed by atoms with Crippen molar-refractivity contribution in [1.82, 2.24) is 5.32 Å². The van der Waals surface area contributed by atoms with E-state index in [0.717, 1.165) is 11.3 Å². The van der Waals surface area contributed by atoms with Crippen LogP contribution in [0.4, 0.5) is 5.69 Å². The van der Waals surface area contributed by atoms with Crippen molar-refractivity contribution in [2.24, 2.45) is 4.99 Å². The number of nitrogens with one attached hydrogen (secondary N) is 1. The number of hydrogen-bond acceptors (Lipinski definition) is 4. The molecule has 1 aromatic carbocycles. The fourth-order valence-electron chi connectivity index (χ4n) is 1.05. The third-order valence-corrected chi connectivity index (χ3v) is 2.34. The Labute approximate surface area is 92.6 Å².